The molecular formula is C22H28N6O. The third-order valence-electron chi connectivity index (χ3n) is 5.57. The maximum Gasteiger partial charge on any atom is 0.230 e. The first-order valence-electron chi connectivity index (χ1n) is 10.3. The molecule has 0 radical (unpaired) electrons. The average molecular weight is 393 g/mol. The zero-order valence-corrected chi connectivity index (χ0v) is 17.4. The lowest BCUT2D eigenvalue weighted by atomic mass is 10.0. The van der Waals surface area contributed by atoms with Gasteiger partial charge in [-0.05, 0) is 45.0 Å². The molecule has 0 atom stereocenters. The van der Waals surface area contributed by atoms with Crippen LogP contribution in [-0.4, -0.2) is 51.2 Å². The van der Waals surface area contributed by atoms with E-state index in [1.807, 2.05) is 26.1 Å². The summed E-state index contributed by atoms with van der Waals surface area (Å²) in [4.78, 5) is 13.6. The van der Waals surface area contributed by atoms with Crippen LogP contribution in [0.25, 0.3) is 11.3 Å². The number of anilines is 1. The van der Waals surface area contributed by atoms with Gasteiger partial charge >= 0.3 is 0 Å². The van der Waals surface area contributed by atoms with Crippen molar-refractivity contribution in [1.29, 1.82) is 0 Å². The van der Waals surface area contributed by atoms with Gasteiger partial charge < -0.3 is 9.32 Å². The maximum atomic E-state index is 5.66. The molecule has 1 saturated heterocycles. The Kier molecular flexibility index (Phi) is 5.85. The highest BCUT2D eigenvalue weighted by Crippen LogP contribution is 2.27. The second-order valence-electron chi connectivity index (χ2n) is 7.62. The summed E-state index contributed by atoms with van der Waals surface area (Å²) >= 11 is 0. The van der Waals surface area contributed by atoms with Gasteiger partial charge in [-0.1, -0.05) is 19.1 Å². The molecule has 1 aliphatic rings. The van der Waals surface area contributed by atoms with Crippen molar-refractivity contribution in [2.24, 2.45) is 0 Å². The number of piperidine rings is 1. The van der Waals surface area contributed by atoms with E-state index >= 15 is 0 Å². The fourth-order valence-electron chi connectivity index (χ4n) is 3.88. The fourth-order valence-corrected chi connectivity index (χ4v) is 3.88. The van der Waals surface area contributed by atoms with Crippen LogP contribution in [0.15, 0.2) is 40.9 Å². The van der Waals surface area contributed by atoms with E-state index in [1.54, 1.807) is 0 Å². The molecule has 1 aliphatic heterocycles. The van der Waals surface area contributed by atoms with E-state index in [1.165, 1.54) is 5.69 Å². The van der Waals surface area contributed by atoms with Crippen LogP contribution >= 0.6 is 0 Å². The lowest BCUT2D eigenvalue weighted by Gasteiger charge is -2.37. The number of rotatable bonds is 6. The largest absolute Gasteiger partial charge is 0.424 e. The summed E-state index contributed by atoms with van der Waals surface area (Å²) in [7, 11) is 2.15. The summed E-state index contributed by atoms with van der Waals surface area (Å²) in [5.74, 6) is 2.21. The molecular weight excluding hydrogens is 364 g/mol. The standard InChI is InChI=1S/C22H28N6O/c1-4-21-25-26-22(29-21)15-27(3)18-9-12-28(13-10-18)19-7-5-6-17(14-19)20-8-11-23-16(2)24-20/h5-8,11,14,18H,4,9-10,12-13,15H2,1-3H3. The molecule has 4 rings (SSSR count). The second-order valence-corrected chi connectivity index (χ2v) is 7.62. The Morgan fingerprint density at radius 2 is 1.93 bits per heavy atom. The quantitative estimate of drug-likeness (QED) is 0.636. The minimum atomic E-state index is 0.524. The highest BCUT2D eigenvalue weighted by molar-refractivity contribution is 5.65. The Morgan fingerprint density at radius 3 is 2.66 bits per heavy atom. The van der Waals surface area contributed by atoms with Crippen molar-refractivity contribution in [3.63, 3.8) is 0 Å². The van der Waals surface area contributed by atoms with Gasteiger partial charge in [0, 0.05) is 43.0 Å². The van der Waals surface area contributed by atoms with Crippen LogP contribution < -0.4 is 4.90 Å². The molecule has 1 aromatic carbocycles. The SMILES string of the molecule is CCc1nnc(CN(C)C2CCN(c3cccc(-c4ccnc(C)n4)c3)CC2)o1. The van der Waals surface area contributed by atoms with Crippen molar-refractivity contribution in [2.75, 3.05) is 25.0 Å². The number of aromatic nitrogens is 4. The summed E-state index contributed by atoms with van der Waals surface area (Å²) in [6, 6.07) is 11.1. The van der Waals surface area contributed by atoms with E-state index in [0.717, 1.165) is 49.4 Å². The first-order chi connectivity index (χ1) is 14.1. The van der Waals surface area contributed by atoms with Crippen molar-refractivity contribution in [3.8, 4) is 11.3 Å². The summed E-state index contributed by atoms with van der Waals surface area (Å²) in [5, 5.41) is 8.21. The van der Waals surface area contributed by atoms with Crippen LogP contribution in [0.3, 0.4) is 0 Å². The molecule has 0 bridgehead atoms. The Balaban J connectivity index is 1.37. The Morgan fingerprint density at radius 1 is 1.14 bits per heavy atom. The third kappa shape index (κ3) is 4.62. The van der Waals surface area contributed by atoms with Crippen LogP contribution in [-0.2, 0) is 13.0 Å². The number of aryl methyl sites for hydroxylation is 2. The molecule has 3 heterocycles. The normalized spacial score (nSPS) is 15.2. The molecule has 7 nitrogen and oxygen atoms in total. The topological polar surface area (TPSA) is 71.2 Å². The van der Waals surface area contributed by atoms with Crippen LogP contribution in [0.4, 0.5) is 5.69 Å². The van der Waals surface area contributed by atoms with Crippen LogP contribution in [0, 0.1) is 6.92 Å². The molecule has 0 spiro atoms. The van der Waals surface area contributed by atoms with E-state index in [4.69, 9.17) is 4.42 Å². The van der Waals surface area contributed by atoms with Gasteiger partial charge in [0.1, 0.15) is 5.82 Å². The Hall–Kier alpha value is -2.80. The van der Waals surface area contributed by atoms with Crippen LogP contribution in [0.5, 0.6) is 0 Å². The molecule has 29 heavy (non-hydrogen) atoms. The van der Waals surface area contributed by atoms with Gasteiger partial charge in [0.15, 0.2) is 0 Å². The second kappa shape index (κ2) is 8.69. The summed E-state index contributed by atoms with van der Waals surface area (Å²) in [6.45, 7) is 6.72. The highest BCUT2D eigenvalue weighted by atomic mass is 16.4. The van der Waals surface area contributed by atoms with E-state index in [-0.39, 0.29) is 0 Å². The minimum Gasteiger partial charge on any atom is -0.424 e. The number of nitrogens with zero attached hydrogens (tertiary/aromatic N) is 6. The Labute approximate surface area is 171 Å². The summed E-state index contributed by atoms with van der Waals surface area (Å²) in [5.41, 5.74) is 3.36. The van der Waals surface area contributed by atoms with Gasteiger partial charge in [-0.15, -0.1) is 10.2 Å². The van der Waals surface area contributed by atoms with Crippen molar-refractivity contribution in [2.45, 2.75) is 45.7 Å². The minimum absolute atomic E-state index is 0.524. The maximum absolute atomic E-state index is 5.66. The lowest BCUT2D eigenvalue weighted by molar-refractivity contribution is 0.183. The first-order valence-corrected chi connectivity index (χ1v) is 10.3. The molecule has 7 heteroatoms. The smallest absolute Gasteiger partial charge is 0.230 e. The first kappa shape index (κ1) is 19.5. The van der Waals surface area contributed by atoms with Crippen LogP contribution in [0.1, 0.15) is 37.4 Å². The number of hydrogen-bond donors (Lipinski definition) is 0. The number of hydrogen-bond acceptors (Lipinski definition) is 7. The van der Waals surface area contributed by atoms with Crippen LogP contribution in [0.2, 0.25) is 0 Å². The molecule has 1 fully saturated rings. The third-order valence-corrected chi connectivity index (χ3v) is 5.57. The fraction of sp³-hybridized carbons (Fsp3) is 0.455. The molecule has 2 aromatic heterocycles. The monoisotopic (exact) mass is 392 g/mol. The lowest BCUT2D eigenvalue weighted by Crippen LogP contribution is -2.43. The summed E-state index contributed by atoms with van der Waals surface area (Å²) < 4.78 is 5.66. The zero-order chi connectivity index (χ0) is 20.2. The Bertz CT molecular complexity index is 948. The molecule has 0 unspecified atom stereocenters. The van der Waals surface area contributed by atoms with Crippen molar-refractivity contribution >= 4 is 5.69 Å². The predicted octanol–water partition coefficient (Wildman–Crippen LogP) is 3.50. The average Bonchev–Trinajstić information content (AvgIpc) is 3.21. The van der Waals surface area contributed by atoms with E-state index in [9.17, 15) is 0 Å². The van der Waals surface area contributed by atoms with Gasteiger partial charge in [0.25, 0.3) is 0 Å². The molecule has 0 N–H and O–H groups in total. The van der Waals surface area contributed by atoms with Gasteiger partial charge in [-0.2, -0.15) is 0 Å². The zero-order valence-electron chi connectivity index (χ0n) is 17.4. The van der Waals surface area contributed by atoms with Gasteiger partial charge in [0.05, 0.1) is 12.2 Å². The van der Waals surface area contributed by atoms with Gasteiger partial charge in [-0.3, -0.25) is 4.90 Å². The number of benzene rings is 1. The van der Waals surface area contributed by atoms with Crippen molar-refractivity contribution in [1.82, 2.24) is 25.1 Å². The van der Waals surface area contributed by atoms with Gasteiger partial charge in [-0.25, -0.2) is 9.97 Å². The van der Waals surface area contributed by atoms with Crippen molar-refractivity contribution < 1.29 is 4.42 Å². The highest BCUT2D eigenvalue weighted by Gasteiger charge is 2.24. The predicted molar refractivity (Wildman–Crippen MR) is 113 cm³/mol. The molecule has 0 saturated carbocycles. The molecule has 0 amide bonds. The van der Waals surface area contributed by atoms with E-state index in [0.29, 0.717) is 24.4 Å². The molecule has 152 valence electrons. The molecule has 0 aliphatic carbocycles. The molecule has 3 aromatic rings. The van der Waals surface area contributed by atoms with Crippen molar-refractivity contribution in [3.05, 3.63) is 54.1 Å². The summed E-state index contributed by atoms with van der Waals surface area (Å²) in [6.07, 6.45) is 4.82. The van der Waals surface area contributed by atoms with Gasteiger partial charge in [0.2, 0.25) is 11.8 Å². The van der Waals surface area contributed by atoms with E-state index < -0.39 is 0 Å². The van der Waals surface area contributed by atoms with E-state index in [2.05, 4.69) is 61.3 Å².